The molecule has 0 aliphatic carbocycles. The van der Waals surface area contributed by atoms with Crippen molar-refractivity contribution in [1.29, 1.82) is 0 Å². The lowest BCUT2D eigenvalue weighted by Crippen LogP contribution is -2.20. The molecule has 0 aliphatic rings. The fraction of sp³-hybridized carbons (Fsp3) is 0.500. The molecule has 2 N–H and O–H groups in total. The van der Waals surface area contributed by atoms with Crippen molar-refractivity contribution in [3.8, 4) is 0 Å². The van der Waals surface area contributed by atoms with Crippen molar-refractivity contribution in [3.63, 3.8) is 0 Å². The summed E-state index contributed by atoms with van der Waals surface area (Å²) < 4.78 is 0. The van der Waals surface area contributed by atoms with Crippen molar-refractivity contribution in [2.45, 2.75) is 25.7 Å². The van der Waals surface area contributed by atoms with Crippen LogP contribution in [-0.4, -0.2) is 11.6 Å². The summed E-state index contributed by atoms with van der Waals surface area (Å²) in [7, 11) is 0. The molecule has 1 aromatic rings. The Morgan fingerprint density at radius 2 is 2.31 bits per heavy atom. The average Bonchev–Trinajstić information content (AvgIpc) is 2.16. The molecule has 3 heteroatoms. The first kappa shape index (κ1) is 10.2. The highest BCUT2D eigenvalue weighted by atomic mass is 16.6. The smallest absolute Gasteiger partial charge is 0.0687 e. The number of hydrogen-bond donors (Lipinski definition) is 1. The Kier molecular flexibility index (Phi) is 3.39. The van der Waals surface area contributed by atoms with Gasteiger partial charge in [0.2, 0.25) is 0 Å². The second kappa shape index (κ2) is 4.35. The van der Waals surface area contributed by atoms with Gasteiger partial charge in [0.15, 0.2) is 0 Å². The summed E-state index contributed by atoms with van der Waals surface area (Å²) in [6.07, 6.45) is 4.56. The minimum Gasteiger partial charge on any atom is -0.305 e. The molecular formula is C10H16N2O. The highest BCUT2D eigenvalue weighted by Gasteiger charge is 2.19. The molecule has 0 fully saturated rings. The maximum Gasteiger partial charge on any atom is 0.0687 e. The van der Waals surface area contributed by atoms with Gasteiger partial charge in [-0.15, -0.1) is 0 Å². The Morgan fingerprint density at radius 3 is 2.85 bits per heavy atom. The standard InChI is InChI=1S/C10H16N2O/c1-10(2,5-7-13-11)9-4-3-6-12-8-9/h3-4,6,8H,5,7,11H2,1-2H3. The van der Waals surface area contributed by atoms with E-state index >= 15 is 0 Å². The van der Waals surface area contributed by atoms with Gasteiger partial charge in [-0.2, -0.15) is 0 Å². The molecule has 0 aliphatic heterocycles. The van der Waals surface area contributed by atoms with E-state index in [-0.39, 0.29) is 5.41 Å². The van der Waals surface area contributed by atoms with Crippen LogP contribution >= 0.6 is 0 Å². The number of aromatic nitrogens is 1. The van der Waals surface area contributed by atoms with Crippen molar-refractivity contribution in [1.82, 2.24) is 4.98 Å². The molecule has 0 atom stereocenters. The number of pyridine rings is 1. The zero-order chi connectivity index (χ0) is 9.73. The van der Waals surface area contributed by atoms with E-state index in [1.54, 1.807) is 6.20 Å². The monoisotopic (exact) mass is 180 g/mol. The van der Waals surface area contributed by atoms with Crippen molar-refractivity contribution >= 4 is 0 Å². The lowest BCUT2D eigenvalue weighted by atomic mass is 9.83. The van der Waals surface area contributed by atoms with Gasteiger partial charge in [0.1, 0.15) is 0 Å². The third kappa shape index (κ3) is 2.79. The number of rotatable bonds is 4. The maximum atomic E-state index is 5.00. The van der Waals surface area contributed by atoms with Crippen LogP contribution in [0.1, 0.15) is 25.8 Å². The van der Waals surface area contributed by atoms with Gasteiger partial charge in [-0.3, -0.25) is 4.98 Å². The molecular weight excluding hydrogens is 164 g/mol. The van der Waals surface area contributed by atoms with Crippen LogP contribution < -0.4 is 5.90 Å². The number of nitrogens with two attached hydrogens (primary N) is 1. The van der Waals surface area contributed by atoms with Crippen LogP contribution in [0.2, 0.25) is 0 Å². The first-order valence-corrected chi connectivity index (χ1v) is 4.39. The van der Waals surface area contributed by atoms with Crippen LogP contribution in [0.5, 0.6) is 0 Å². The summed E-state index contributed by atoms with van der Waals surface area (Å²) in [6, 6.07) is 4.02. The van der Waals surface area contributed by atoms with Crippen molar-refractivity contribution < 1.29 is 4.84 Å². The summed E-state index contributed by atoms with van der Waals surface area (Å²) in [5.74, 6) is 5.00. The molecule has 1 aromatic heterocycles. The van der Waals surface area contributed by atoms with E-state index in [4.69, 9.17) is 5.90 Å². The van der Waals surface area contributed by atoms with Gasteiger partial charge in [0.05, 0.1) is 6.61 Å². The molecule has 3 nitrogen and oxygen atoms in total. The molecule has 0 unspecified atom stereocenters. The second-order valence-electron chi connectivity index (χ2n) is 3.75. The largest absolute Gasteiger partial charge is 0.305 e. The van der Waals surface area contributed by atoms with Gasteiger partial charge in [-0.25, -0.2) is 5.90 Å². The highest BCUT2D eigenvalue weighted by Crippen LogP contribution is 2.25. The highest BCUT2D eigenvalue weighted by molar-refractivity contribution is 5.19. The predicted octanol–water partition coefficient (Wildman–Crippen LogP) is 1.64. The van der Waals surface area contributed by atoms with Gasteiger partial charge in [-0.05, 0) is 23.5 Å². The summed E-state index contributed by atoms with van der Waals surface area (Å²) in [6.45, 7) is 4.88. The van der Waals surface area contributed by atoms with Gasteiger partial charge in [0, 0.05) is 12.4 Å². The molecule has 0 saturated heterocycles. The van der Waals surface area contributed by atoms with E-state index in [9.17, 15) is 0 Å². The maximum absolute atomic E-state index is 5.00. The third-order valence-corrected chi connectivity index (χ3v) is 2.29. The van der Waals surface area contributed by atoms with E-state index in [0.29, 0.717) is 6.61 Å². The fourth-order valence-corrected chi connectivity index (χ4v) is 1.22. The fourth-order valence-electron chi connectivity index (χ4n) is 1.22. The Bertz CT molecular complexity index is 246. The molecule has 1 rings (SSSR count). The zero-order valence-electron chi connectivity index (χ0n) is 8.16. The Hall–Kier alpha value is -0.930. The SMILES string of the molecule is CC(C)(CCON)c1cccnc1. The van der Waals surface area contributed by atoms with E-state index < -0.39 is 0 Å². The minimum absolute atomic E-state index is 0.0770. The number of nitrogens with zero attached hydrogens (tertiary/aromatic N) is 1. The van der Waals surface area contributed by atoms with Crippen molar-refractivity contribution in [3.05, 3.63) is 30.1 Å². The van der Waals surface area contributed by atoms with Crippen molar-refractivity contribution in [2.24, 2.45) is 5.90 Å². The second-order valence-corrected chi connectivity index (χ2v) is 3.75. The molecule has 1 heterocycles. The van der Waals surface area contributed by atoms with E-state index in [1.807, 2.05) is 12.3 Å². The number of hydrogen-bond acceptors (Lipinski definition) is 3. The molecule has 0 amide bonds. The molecule has 13 heavy (non-hydrogen) atoms. The topological polar surface area (TPSA) is 48.1 Å². The predicted molar refractivity (Wildman–Crippen MR) is 52.0 cm³/mol. The van der Waals surface area contributed by atoms with E-state index in [2.05, 4.69) is 29.7 Å². The minimum atomic E-state index is 0.0770. The quantitative estimate of drug-likeness (QED) is 0.716. The first-order chi connectivity index (χ1) is 6.17. The van der Waals surface area contributed by atoms with Crippen LogP contribution in [0.15, 0.2) is 24.5 Å². The van der Waals surface area contributed by atoms with Crippen LogP contribution in [0.4, 0.5) is 0 Å². The van der Waals surface area contributed by atoms with Crippen molar-refractivity contribution in [2.75, 3.05) is 6.61 Å². The van der Waals surface area contributed by atoms with Crippen LogP contribution in [0.25, 0.3) is 0 Å². The van der Waals surface area contributed by atoms with Crippen LogP contribution in [0.3, 0.4) is 0 Å². The molecule has 0 saturated carbocycles. The van der Waals surface area contributed by atoms with Crippen LogP contribution in [0, 0.1) is 0 Å². The lowest BCUT2D eigenvalue weighted by molar-refractivity contribution is 0.121. The molecule has 0 spiro atoms. The molecule has 0 bridgehead atoms. The third-order valence-electron chi connectivity index (χ3n) is 2.29. The van der Waals surface area contributed by atoms with Gasteiger partial charge >= 0.3 is 0 Å². The van der Waals surface area contributed by atoms with Gasteiger partial charge in [-0.1, -0.05) is 19.9 Å². The van der Waals surface area contributed by atoms with Crippen LogP contribution in [-0.2, 0) is 10.3 Å². The van der Waals surface area contributed by atoms with E-state index in [1.165, 1.54) is 5.56 Å². The summed E-state index contributed by atoms with van der Waals surface area (Å²) in [5, 5.41) is 0. The molecule has 0 radical (unpaired) electrons. The first-order valence-electron chi connectivity index (χ1n) is 4.39. The Morgan fingerprint density at radius 1 is 1.54 bits per heavy atom. The Labute approximate surface area is 78.9 Å². The average molecular weight is 180 g/mol. The van der Waals surface area contributed by atoms with Gasteiger partial charge in [0.25, 0.3) is 0 Å². The Balaban J connectivity index is 2.69. The van der Waals surface area contributed by atoms with E-state index in [0.717, 1.165) is 6.42 Å². The lowest BCUT2D eigenvalue weighted by Gasteiger charge is -2.23. The van der Waals surface area contributed by atoms with Gasteiger partial charge < -0.3 is 4.84 Å². The molecule has 72 valence electrons. The summed E-state index contributed by atoms with van der Waals surface area (Å²) in [4.78, 5) is 8.67. The summed E-state index contributed by atoms with van der Waals surface area (Å²) >= 11 is 0. The molecule has 0 aromatic carbocycles. The normalized spacial score (nSPS) is 11.6. The summed E-state index contributed by atoms with van der Waals surface area (Å²) in [5.41, 5.74) is 1.29. The zero-order valence-corrected chi connectivity index (χ0v) is 8.16.